The SMILES string of the molecule is CNC1CC(C)CC(C)C1CN(C)C1CCC(C)(C)CC1. The van der Waals surface area contributed by atoms with Crippen LogP contribution in [0.3, 0.4) is 0 Å². The van der Waals surface area contributed by atoms with Crippen LogP contribution in [0.2, 0.25) is 0 Å². The summed E-state index contributed by atoms with van der Waals surface area (Å²) in [6, 6.07) is 1.54. The first-order chi connectivity index (χ1) is 9.82. The van der Waals surface area contributed by atoms with Gasteiger partial charge in [-0.2, -0.15) is 0 Å². The second-order valence-corrected chi connectivity index (χ2v) is 8.95. The molecule has 2 rings (SSSR count). The molecule has 1 N–H and O–H groups in total. The zero-order chi connectivity index (χ0) is 15.6. The van der Waals surface area contributed by atoms with Crippen molar-refractivity contribution in [2.75, 3.05) is 20.6 Å². The molecule has 4 unspecified atom stereocenters. The molecule has 0 saturated heterocycles. The highest BCUT2D eigenvalue weighted by molar-refractivity contribution is 4.90. The Morgan fingerprint density at radius 2 is 1.71 bits per heavy atom. The number of nitrogens with one attached hydrogen (secondary N) is 1. The molecule has 0 spiro atoms. The summed E-state index contributed by atoms with van der Waals surface area (Å²) in [7, 11) is 4.53. The van der Waals surface area contributed by atoms with Gasteiger partial charge in [0.1, 0.15) is 0 Å². The van der Waals surface area contributed by atoms with Crippen molar-refractivity contribution in [1.29, 1.82) is 0 Å². The van der Waals surface area contributed by atoms with E-state index in [1.165, 1.54) is 45.1 Å². The van der Waals surface area contributed by atoms with Gasteiger partial charge in [0.15, 0.2) is 0 Å². The lowest BCUT2D eigenvalue weighted by atomic mass is 9.71. The van der Waals surface area contributed by atoms with E-state index in [-0.39, 0.29) is 0 Å². The Kier molecular flexibility index (Phi) is 5.76. The van der Waals surface area contributed by atoms with E-state index in [1.807, 2.05) is 0 Å². The third kappa shape index (κ3) is 4.45. The van der Waals surface area contributed by atoms with Crippen LogP contribution in [0.5, 0.6) is 0 Å². The Morgan fingerprint density at radius 3 is 2.29 bits per heavy atom. The van der Waals surface area contributed by atoms with Gasteiger partial charge in [-0.15, -0.1) is 0 Å². The van der Waals surface area contributed by atoms with Crippen LogP contribution in [0, 0.1) is 23.2 Å². The van der Waals surface area contributed by atoms with Crippen LogP contribution < -0.4 is 5.32 Å². The zero-order valence-corrected chi connectivity index (χ0v) is 15.3. The van der Waals surface area contributed by atoms with Crippen LogP contribution in [0.15, 0.2) is 0 Å². The van der Waals surface area contributed by atoms with E-state index < -0.39 is 0 Å². The molecule has 0 aliphatic heterocycles. The van der Waals surface area contributed by atoms with Crippen molar-refractivity contribution in [2.45, 2.75) is 78.3 Å². The van der Waals surface area contributed by atoms with Gasteiger partial charge >= 0.3 is 0 Å². The van der Waals surface area contributed by atoms with E-state index in [2.05, 4.69) is 52.0 Å². The molecule has 21 heavy (non-hydrogen) atoms. The molecule has 0 bridgehead atoms. The van der Waals surface area contributed by atoms with E-state index >= 15 is 0 Å². The van der Waals surface area contributed by atoms with E-state index in [0.29, 0.717) is 11.5 Å². The van der Waals surface area contributed by atoms with E-state index in [4.69, 9.17) is 0 Å². The van der Waals surface area contributed by atoms with Gasteiger partial charge in [0.05, 0.1) is 0 Å². The molecule has 0 aromatic heterocycles. The highest BCUT2D eigenvalue weighted by Gasteiger charge is 2.36. The fourth-order valence-corrected chi connectivity index (χ4v) is 4.86. The van der Waals surface area contributed by atoms with Crippen molar-refractivity contribution in [2.24, 2.45) is 23.2 Å². The van der Waals surface area contributed by atoms with Crippen molar-refractivity contribution in [3.63, 3.8) is 0 Å². The minimum Gasteiger partial charge on any atom is -0.317 e. The number of hydrogen-bond acceptors (Lipinski definition) is 2. The van der Waals surface area contributed by atoms with E-state index in [0.717, 1.165) is 23.8 Å². The summed E-state index contributed by atoms with van der Waals surface area (Å²) in [6.07, 6.45) is 8.35. The Balaban J connectivity index is 1.90. The standard InChI is InChI=1S/C19H38N2/c1-14-11-15(2)17(18(12-14)20-5)13-21(6)16-7-9-19(3,4)10-8-16/h14-18,20H,7-13H2,1-6H3. The maximum atomic E-state index is 3.61. The normalized spacial score (nSPS) is 37.9. The molecule has 0 aromatic carbocycles. The summed E-state index contributed by atoms with van der Waals surface area (Å²) in [5, 5.41) is 3.61. The van der Waals surface area contributed by atoms with Crippen LogP contribution in [-0.4, -0.2) is 37.6 Å². The summed E-state index contributed by atoms with van der Waals surface area (Å²) in [4.78, 5) is 2.69. The monoisotopic (exact) mass is 294 g/mol. The summed E-state index contributed by atoms with van der Waals surface area (Å²) < 4.78 is 0. The van der Waals surface area contributed by atoms with Crippen molar-refractivity contribution in [3.05, 3.63) is 0 Å². The van der Waals surface area contributed by atoms with Crippen LogP contribution in [0.1, 0.15) is 66.2 Å². The Hall–Kier alpha value is -0.0800. The van der Waals surface area contributed by atoms with Gasteiger partial charge in [0, 0.05) is 18.6 Å². The molecule has 2 saturated carbocycles. The quantitative estimate of drug-likeness (QED) is 0.837. The molecular weight excluding hydrogens is 256 g/mol. The molecule has 0 aromatic rings. The molecule has 0 amide bonds. The Morgan fingerprint density at radius 1 is 1.10 bits per heavy atom. The smallest absolute Gasteiger partial charge is 0.0110 e. The maximum Gasteiger partial charge on any atom is 0.0110 e. The molecule has 2 fully saturated rings. The number of rotatable bonds is 4. The van der Waals surface area contributed by atoms with Gasteiger partial charge < -0.3 is 10.2 Å². The Labute approximate surface area is 133 Å². The first-order valence-corrected chi connectivity index (χ1v) is 9.20. The molecule has 2 nitrogen and oxygen atoms in total. The molecule has 2 heteroatoms. The zero-order valence-electron chi connectivity index (χ0n) is 15.3. The third-order valence-electron chi connectivity index (χ3n) is 6.48. The van der Waals surface area contributed by atoms with Crippen molar-refractivity contribution < 1.29 is 0 Å². The van der Waals surface area contributed by atoms with E-state index in [1.54, 1.807) is 0 Å². The van der Waals surface area contributed by atoms with Crippen LogP contribution in [0.4, 0.5) is 0 Å². The molecule has 124 valence electrons. The molecule has 4 atom stereocenters. The topological polar surface area (TPSA) is 15.3 Å². The third-order valence-corrected chi connectivity index (χ3v) is 6.48. The van der Waals surface area contributed by atoms with Crippen LogP contribution in [0.25, 0.3) is 0 Å². The van der Waals surface area contributed by atoms with Gasteiger partial charge in [-0.1, -0.05) is 27.7 Å². The average molecular weight is 295 g/mol. The lowest BCUT2D eigenvalue weighted by Crippen LogP contribution is -2.49. The minimum absolute atomic E-state index is 0.582. The lowest BCUT2D eigenvalue weighted by Gasteiger charge is -2.44. The fraction of sp³-hybridized carbons (Fsp3) is 1.00. The first-order valence-electron chi connectivity index (χ1n) is 9.20. The molecular formula is C19H38N2. The predicted octanol–water partition coefficient (Wildman–Crippen LogP) is 4.16. The van der Waals surface area contributed by atoms with Gasteiger partial charge in [0.2, 0.25) is 0 Å². The average Bonchev–Trinajstić information content (AvgIpc) is 2.41. The lowest BCUT2D eigenvalue weighted by molar-refractivity contribution is 0.0698. The summed E-state index contributed by atoms with van der Waals surface area (Å²) >= 11 is 0. The fourth-order valence-electron chi connectivity index (χ4n) is 4.86. The van der Waals surface area contributed by atoms with Crippen LogP contribution in [-0.2, 0) is 0 Å². The summed E-state index contributed by atoms with van der Waals surface area (Å²) in [6.45, 7) is 11.0. The number of nitrogens with zero attached hydrogens (tertiary/aromatic N) is 1. The number of hydrogen-bond donors (Lipinski definition) is 1. The second-order valence-electron chi connectivity index (χ2n) is 8.95. The maximum absolute atomic E-state index is 3.61. The van der Waals surface area contributed by atoms with Crippen LogP contribution >= 0.6 is 0 Å². The minimum atomic E-state index is 0.582. The molecule has 0 heterocycles. The molecule has 2 aliphatic rings. The van der Waals surface area contributed by atoms with Gasteiger partial charge in [0.25, 0.3) is 0 Å². The van der Waals surface area contributed by atoms with Gasteiger partial charge in [-0.05, 0) is 75.8 Å². The van der Waals surface area contributed by atoms with Gasteiger partial charge in [-0.25, -0.2) is 0 Å². The predicted molar refractivity (Wildman–Crippen MR) is 92.6 cm³/mol. The van der Waals surface area contributed by atoms with Gasteiger partial charge in [-0.3, -0.25) is 0 Å². The van der Waals surface area contributed by atoms with Crippen molar-refractivity contribution in [3.8, 4) is 0 Å². The van der Waals surface area contributed by atoms with Crippen molar-refractivity contribution in [1.82, 2.24) is 10.2 Å². The highest BCUT2D eigenvalue weighted by Crippen LogP contribution is 2.38. The molecule has 0 radical (unpaired) electrons. The van der Waals surface area contributed by atoms with Crippen molar-refractivity contribution >= 4 is 0 Å². The highest BCUT2D eigenvalue weighted by atomic mass is 15.1. The second kappa shape index (κ2) is 7.00. The first kappa shape index (κ1) is 17.3. The summed E-state index contributed by atoms with van der Waals surface area (Å²) in [5.74, 6) is 2.56. The summed E-state index contributed by atoms with van der Waals surface area (Å²) in [5.41, 5.74) is 0.582. The van der Waals surface area contributed by atoms with E-state index in [9.17, 15) is 0 Å². The molecule has 2 aliphatic carbocycles. The largest absolute Gasteiger partial charge is 0.317 e. The Bertz CT molecular complexity index is 316.